The van der Waals surface area contributed by atoms with Gasteiger partial charge in [0.05, 0.1) is 5.69 Å². The van der Waals surface area contributed by atoms with E-state index in [4.69, 9.17) is 12.2 Å². The van der Waals surface area contributed by atoms with Crippen LogP contribution >= 0.6 is 24.0 Å². The summed E-state index contributed by atoms with van der Waals surface area (Å²) in [6.07, 6.45) is 3.04. The molecule has 0 aliphatic heterocycles. The van der Waals surface area contributed by atoms with Crippen molar-refractivity contribution in [1.29, 1.82) is 0 Å². The minimum absolute atomic E-state index is 0.381. The van der Waals surface area contributed by atoms with E-state index in [1.165, 1.54) is 0 Å². The smallest absolute Gasteiger partial charge is 0.179 e. The molecule has 0 saturated heterocycles. The fourth-order valence-corrected chi connectivity index (χ4v) is 3.21. The van der Waals surface area contributed by atoms with Gasteiger partial charge >= 0.3 is 0 Å². The first kappa shape index (κ1) is 12.7. The van der Waals surface area contributed by atoms with E-state index in [0.29, 0.717) is 6.04 Å². The first-order valence-electron chi connectivity index (χ1n) is 5.75. The summed E-state index contributed by atoms with van der Waals surface area (Å²) in [4.78, 5) is 3.29. The predicted molar refractivity (Wildman–Crippen MR) is 76.4 cm³/mol. The average molecular weight is 270 g/mol. The highest BCUT2D eigenvalue weighted by atomic mass is 32.2. The lowest BCUT2D eigenvalue weighted by Crippen LogP contribution is -2.10. The number of thioether (sulfide) groups is 1. The van der Waals surface area contributed by atoms with Gasteiger partial charge in [-0.2, -0.15) is 16.9 Å². The summed E-state index contributed by atoms with van der Waals surface area (Å²) in [5.41, 5.74) is 3.28. The minimum atomic E-state index is 0.381. The number of hydrogen-bond acceptors (Lipinski definition) is 3. The monoisotopic (exact) mass is 270 g/mol. The molecule has 0 radical (unpaired) electrons. The Labute approximate surface area is 110 Å². The maximum Gasteiger partial charge on any atom is 0.179 e. The van der Waals surface area contributed by atoms with Crippen LogP contribution in [0.4, 0.5) is 0 Å². The fourth-order valence-electron chi connectivity index (χ4n) is 2.21. The molecule has 0 aromatic carbocycles. The van der Waals surface area contributed by atoms with Crippen molar-refractivity contribution in [2.24, 2.45) is 7.05 Å². The predicted octanol–water partition coefficient (Wildman–Crippen LogP) is 2.92. The van der Waals surface area contributed by atoms with Crippen molar-refractivity contribution in [3.63, 3.8) is 0 Å². The molecule has 0 amide bonds. The van der Waals surface area contributed by atoms with Gasteiger partial charge in [-0.3, -0.25) is 9.25 Å². The average Bonchev–Trinajstić information content (AvgIpc) is 2.76. The van der Waals surface area contributed by atoms with E-state index in [0.717, 1.165) is 33.8 Å². The van der Waals surface area contributed by atoms with Crippen molar-refractivity contribution in [3.8, 4) is 0 Å². The number of fused-ring (bicyclic) bond motifs is 1. The van der Waals surface area contributed by atoms with Crippen LogP contribution in [-0.2, 0) is 13.5 Å². The van der Waals surface area contributed by atoms with Crippen LogP contribution in [0.5, 0.6) is 0 Å². The van der Waals surface area contributed by atoms with Gasteiger partial charge in [0.15, 0.2) is 10.4 Å². The molecular formula is C11H18N4S2. The topological polar surface area (TPSA) is 38.5 Å². The highest BCUT2D eigenvalue weighted by molar-refractivity contribution is 7.98. The summed E-state index contributed by atoms with van der Waals surface area (Å²) in [6, 6.07) is 0.381. The molecule has 94 valence electrons. The fraction of sp³-hybridized carbons (Fsp3) is 0.636. The van der Waals surface area contributed by atoms with Crippen LogP contribution < -0.4 is 0 Å². The SMILES string of the molecule is CCc1nn(C)c2c1[nH]c(=S)n2C(C)CSC. The van der Waals surface area contributed by atoms with Gasteiger partial charge in [0.25, 0.3) is 0 Å². The third kappa shape index (κ3) is 2.04. The lowest BCUT2D eigenvalue weighted by Gasteiger charge is -2.12. The van der Waals surface area contributed by atoms with Crippen LogP contribution in [0.25, 0.3) is 11.2 Å². The van der Waals surface area contributed by atoms with Crippen molar-refractivity contribution in [1.82, 2.24) is 19.3 Å². The van der Waals surface area contributed by atoms with Crippen molar-refractivity contribution in [2.75, 3.05) is 12.0 Å². The second-order valence-electron chi connectivity index (χ2n) is 4.23. The van der Waals surface area contributed by atoms with Gasteiger partial charge in [0.1, 0.15) is 5.52 Å². The lowest BCUT2D eigenvalue weighted by molar-refractivity contribution is 0.595. The molecule has 0 spiro atoms. The van der Waals surface area contributed by atoms with Crippen LogP contribution in [0.2, 0.25) is 0 Å². The Morgan fingerprint density at radius 2 is 2.24 bits per heavy atom. The third-order valence-corrected chi connectivity index (χ3v) is 4.07. The Bertz CT molecular complexity index is 578. The largest absolute Gasteiger partial charge is 0.328 e. The molecule has 17 heavy (non-hydrogen) atoms. The molecule has 0 saturated carbocycles. The van der Waals surface area contributed by atoms with Gasteiger partial charge < -0.3 is 4.98 Å². The summed E-state index contributed by atoms with van der Waals surface area (Å²) in [7, 11) is 1.98. The normalized spacial score (nSPS) is 13.4. The first-order valence-corrected chi connectivity index (χ1v) is 7.55. The third-order valence-electron chi connectivity index (χ3n) is 2.95. The zero-order valence-corrected chi connectivity index (χ0v) is 12.3. The second kappa shape index (κ2) is 4.86. The van der Waals surface area contributed by atoms with Gasteiger partial charge in [-0.15, -0.1) is 0 Å². The summed E-state index contributed by atoms with van der Waals surface area (Å²) < 4.78 is 4.90. The molecule has 0 bridgehead atoms. The van der Waals surface area contributed by atoms with Crippen LogP contribution in [0.15, 0.2) is 0 Å². The number of aromatic amines is 1. The van der Waals surface area contributed by atoms with Gasteiger partial charge in [-0.25, -0.2) is 0 Å². The lowest BCUT2D eigenvalue weighted by atomic mass is 10.3. The quantitative estimate of drug-likeness (QED) is 0.868. The van der Waals surface area contributed by atoms with Gasteiger partial charge in [-0.05, 0) is 31.8 Å². The Kier molecular flexibility index (Phi) is 3.63. The van der Waals surface area contributed by atoms with Crippen LogP contribution in [-0.4, -0.2) is 31.3 Å². The molecule has 6 heteroatoms. The van der Waals surface area contributed by atoms with E-state index in [-0.39, 0.29) is 0 Å². The highest BCUT2D eigenvalue weighted by Gasteiger charge is 2.17. The molecule has 0 aliphatic rings. The van der Waals surface area contributed by atoms with E-state index >= 15 is 0 Å². The van der Waals surface area contributed by atoms with E-state index in [1.54, 1.807) is 0 Å². The van der Waals surface area contributed by atoms with Crippen molar-refractivity contribution in [3.05, 3.63) is 10.5 Å². The second-order valence-corrected chi connectivity index (χ2v) is 5.52. The van der Waals surface area contributed by atoms with E-state index in [2.05, 4.69) is 34.8 Å². The summed E-state index contributed by atoms with van der Waals surface area (Å²) in [5, 5.41) is 4.52. The molecule has 2 aromatic heterocycles. The Morgan fingerprint density at radius 3 is 2.82 bits per heavy atom. The highest BCUT2D eigenvalue weighted by Crippen LogP contribution is 2.23. The maximum absolute atomic E-state index is 5.42. The molecule has 0 fully saturated rings. The number of aromatic nitrogens is 4. The van der Waals surface area contributed by atoms with Crippen LogP contribution in [0.3, 0.4) is 0 Å². The van der Waals surface area contributed by atoms with Gasteiger partial charge in [0, 0.05) is 18.8 Å². The molecule has 4 nitrogen and oxygen atoms in total. The summed E-state index contributed by atoms with van der Waals surface area (Å²) >= 11 is 7.25. The zero-order chi connectivity index (χ0) is 12.6. The molecule has 0 aliphatic carbocycles. The number of aryl methyl sites for hydroxylation is 2. The molecule has 2 heterocycles. The maximum atomic E-state index is 5.42. The van der Waals surface area contributed by atoms with E-state index in [1.807, 2.05) is 23.5 Å². The van der Waals surface area contributed by atoms with Crippen LogP contribution in [0.1, 0.15) is 25.6 Å². The zero-order valence-electron chi connectivity index (χ0n) is 10.6. The summed E-state index contributed by atoms with van der Waals surface area (Å²) in [5.74, 6) is 1.05. The number of H-pyrrole nitrogens is 1. The molecule has 2 aromatic rings. The number of rotatable bonds is 4. The van der Waals surface area contributed by atoms with E-state index in [9.17, 15) is 0 Å². The number of imidazole rings is 1. The molecule has 1 N–H and O–H groups in total. The van der Waals surface area contributed by atoms with Crippen molar-refractivity contribution < 1.29 is 0 Å². The number of nitrogens with zero attached hydrogens (tertiary/aromatic N) is 3. The number of nitrogens with one attached hydrogen (secondary N) is 1. The Hall–Kier alpha value is -0.750. The number of hydrogen-bond donors (Lipinski definition) is 1. The summed E-state index contributed by atoms with van der Waals surface area (Å²) in [6.45, 7) is 4.31. The minimum Gasteiger partial charge on any atom is -0.328 e. The van der Waals surface area contributed by atoms with Gasteiger partial charge in [-0.1, -0.05) is 6.92 Å². The Morgan fingerprint density at radius 1 is 1.53 bits per heavy atom. The molecule has 1 atom stereocenters. The van der Waals surface area contributed by atoms with E-state index < -0.39 is 0 Å². The van der Waals surface area contributed by atoms with Crippen molar-refractivity contribution in [2.45, 2.75) is 26.3 Å². The molecule has 2 rings (SSSR count). The van der Waals surface area contributed by atoms with Crippen LogP contribution in [0, 0.1) is 4.77 Å². The van der Waals surface area contributed by atoms with Crippen molar-refractivity contribution >= 4 is 35.1 Å². The standard InChI is InChI=1S/C11H18N4S2/c1-5-8-9-10(14(3)13-8)15(11(16)12-9)7(2)6-17-4/h7H,5-6H2,1-4H3,(H,12,16). The first-order chi connectivity index (χ1) is 8.10. The molecule has 1 unspecified atom stereocenters. The Balaban J connectivity index is 2.66. The van der Waals surface area contributed by atoms with Gasteiger partial charge in [0.2, 0.25) is 0 Å². The molecular weight excluding hydrogens is 252 g/mol.